The zero-order valence-corrected chi connectivity index (χ0v) is 18.1. The standard InChI is InChI=1S/C22H26F2N4O5/c23-19(24)15-3-1-14(2-4-15)16-9-17(20-25-21(26-33-20)32-18-12-31-13-18)11-28(10-16)22(29)27-5-7-30-8-6-27/h1-4,16-19H,5-13H2. The fourth-order valence-corrected chi connectivity index (χ4v) is 4.41. The van der Waals surface area contributed by atoms with Crippen molar-refractivity contribution in [2.45, 2.75) is 30.8 Å². The molecule has 0 saturated carbocycles. The van der Waals surface area contributed by atoms with E-state index >= 15 is 0 Å². The number of urea groups is 1. The normalized spacial score (nSPS) is 24.1. The number of ether oxygens (including phenoxy) is 3. The molecular weight excluding hydrogens is 438 g/mol. The second kappa shape index (κ2) is 9.60. The average Bonchev–Trinajstić information content (AvgIpc) is 3.30. The molecule has 3 aliphatic heterocycles. The van der Waals surface area contributed by atoms with Gasteiger partial charge in [-0.05, 0) is 17.1 Å². The second-order valence-electron chi connectivity index (χ2n) is 8.58. The van der Waals surface area contributed by atoms with Crippen molar-refractivity contribution < 1.29 is 32.3 Å². The minimum Gasteiger partial charge on any atom is -0.453 e. The van der Waals surface area contributed by atoms with Crippen LogP contribution in [0.15, 0.2) is 28.8 Å². The van der Waals surface area contributed by atoms with Crippen LogP contribution in [-0.4, -0.2) is 84.7 Å². The number of aromatic nitrogens is 2. The predicted molar refractivity (Wildman–Crippen MR) is 110 cm³/mol. The lowest BCUT2D eigenvalue weighted by Crippen LogP contribution is -2.52. The van der Waals surface area contributed by atoms with Crippen LogP contribution in [0.3, 0.4) is 0 Å². The Kier molecular flexibility index (Phi) is 6.41. The lowest BCUT2D eigenvalue weighted by Gasteiger charge is -2.40. The van der Waals surface area contributed by atoms with E-state index < -0.39 is 6.43 Å². The monoisotopic (exact) mass is 464 g/mol. The molecule has 0 radical (unpaired) electrons. The summed E-state index contributed by atoms with van der Waals surface area (Å²) < 4.78 is 47.6. The fraction of sp³-hybridized carbons (Fsp3) is 0.591. The van der Waals surface area contributed by atoms with Crippen molar-refractivity contribution in [3.8, 4) is 6.01 Å². The number of carbonyl (C=O) groups excluding carboxylic acids is 1. The van der Waals surface area contributed by atoms with Crippen LogP contribution in [0.5, 0.6) is 6.01 Å². The molecule has 3 aliphatic rings. The molecule has 1 aromatic carbocycles. The highest BCUT2D eigenvalue weighted by molar-refractivity contribution is 5.75. The number of alkyl halides is 2. The van der Waals surface area contributed by atoms with Crippen LogP contribution in [0, 0.1) is 0 Å². The number of rotatable bonds is 5. The van der Waals surface area contributed by atoms with E-state index in [0.29, 0.717) is 64.9 Å². The third-order valence-corrected chi connectivity index (χ3v) is 6.31. The van der Waals surface area contributed by atoms with Gasteiger partial charge in [0, 0.05) is 37.7 Å². The highest BCUT2D eigenvalue weighted by Gasteiger charge is 2.37. The zero-order valence-electron chi connectivity index (χ0n) is 18.1. The molecule has 2 aromatic rings. The molecule has 9 nitrogen and oxygen atoms in total. The Morgan fingerprint density at radius 3 is 2.42 bits per heavy atom. The van der Waals surface area contributed by atoms with Crippen LogP contribution >= 0.6 is 0 Å². The largest absolute Gasteiger partial charge is 0.453 e. The lowest BCUT2D eigenvalue weighted by molar-refractivity contribution is -0.0837. The number of likely N-dealkylation sites (tertiary alicyclic amines) is 1. The summed E-state index contributed by atoms with van der Waals surface area (Å²) in [4.78, 5) is 21.2. The summed E-state index contributed by atoms with van der Waals surface area (Å²) >= 11 is 0. The summed E-state index contributed by atoms with van der Waals surface area (Å²) in [6, 6.07) is 6.40. The van der Waals surface area contributed by atoms with Crippen molar-refractivity contribution in [1.82, 2.24) is 19.9 Å². The van der Waals surface area contributed by atoms with Gasteiger partial charge in [0.15, 0.2) is 0 Å². The van der Waals surface area contributed by atoms with E-state index in [1.54, 1.807) is 21.9 Å². The molecule has 5 rings (SSSR count). The third-order valence-electron chi connectivity index (χ3n) is 6.31. The van der Waals surface area contributed by atoms with Gasteiger partial charge in [0.05, 0.1) is 32.3 Å². The summed E-state index contributed by atoms with van der Waals surface area (Å²) in [5.74, 6) is 0.140. The molecule has 2 amide bonds. The molecule has 0 N–H and O–H groups in total. The van der Waals surface area contributed by atoms with Gasteiger partial charge in [-0.2, -0.15) is 4.98 Å². The Morgan fingerprint density at radius 1 is 1.03 bits per heavy atom. The molecule has 2 unspecified atom stereocenters. The first kappa shape index (κ1) is 22.0. The Balaban J connectivity index is 1.36. The number of hydrogen-bond donors (Lipinski definition) is 0. The van der Waals surface area contributed by atoms with Crippen molar-refractivity contribution in [1.29, 1.82) is 0 Å². The van der Waals surface area contributed by atoms with E-state index in [0.717, 1.165) is 5.56 Å². The summed E-state index contributed by atoms with van der Waals surface area (Å²) in [6.45, 7) is 3.99. The van der Waals surface area contributed by atoms with E-state index in [9.17, 15) is 13.6 Å². The number of carbonyl (C=O) groups is 1. The number of nitrogens with zero attached hydrogens (tertiary/aromatic N) is 4. The summed E-state index contributed by atoms with van der Waals surface area (Å²) in [7, 11) is 0. The SMILES string of the molecule is O=C(N1CCOCC1)N1CC(c2ccc(C(F)F)cc2)CC(c2nc(OC3COC3)no2)C1. The van der Waals surface area contributed by atoms with E-state index in [1.807, 2.05) is 0 Å². The number of piperidine rings is 1. The molecule has 0 aliphatic carbocycles. The van der Waals surface area contributed by atoms with Gasteiger partial charge in [0.2, 0.25) is 5.89 Å². The van der Waals surface area contributed by atoms with Crippen molar-refractivity contribution in [3.05, 3.63) is 41.3 Å². The van der Waals surface area contributed by atoms with E-state index in [4.69, 9.17) is 18.7 Å². The topological polar surface area (TPSA) is 90.2 Å². The molecule has 2 atom stereocenters. The molecular formula is C22H26F2N4O5. The van der Waals surface area contributed by atoms with Crippen molar-refractivity contribution >= 4 is 6.03 Å². The summed E-state index contributed by atoms with van der Waals surface area (Å²) in [6.07, 6.45) is -1.95. The number of morpholine rings is 1. The van der Waals surface area contributed by atoms with Crippen LogP contribution in [0.1, 0.15) is 41.7 Å². The first-order valence-corrected chi connectivity index (χ1v) is 11.1. The van der Waals surface area contributed by atoms with Gasteiger partial charge in [0.25, 0.3) is 6.43 Å². The van der Waals surface area contributed by atoms with E-state index in [-0.39, 0.29) is 35.5 Å². The molecule has 3 saturated heterocycles. The average molecular weight is 464 g/mol. The maximum absolute atomic E-state index is 13.2. The van der Waals surface area contributed by atoms with Gasteiger partial charge in [-0.1, -0.05) is 24.3 Å². The van der Waals surface area contributed by atoms with Crippen molar-refractivity contribution in [2.75, 3.05) is 52.6 Å². The van der Waals surface area contributed by atoms with Crippen LogP contribution < -0.4 is 4.74 Å². The first-order valence-electron chi connectivity index (χ1n) is 11.1. The third kappa shape index (κ3) is 4.93. The number of hydrogen-bond acceptors (Lipinski definition) is 7. The van der Waals surface area contributed by atoms with Gasteiger partial charge in [-0.3, -0.25) is 0 Å². The molecule has 0 spiro atoms. The Labute approximate surface area is 189 Å². The number of benzene rings is 1. The Morgan fingerprint density at radius 2 is 1.76 bits per heavy atom. The van der Waals surface area contributed by atoms with Crippen molar-refractivity contribution in [2.24, 2.45) is 0 Å². The lowest BCUT2D eigenvalue weighted by atomic mass is 9.84. The van der Waals surface area contributed by atoms with Gasteiger partial charge >= 0.3 is 12.0 Å². The minimum absolute atomic E-state index is 0.0222. The van der Waals surface area contributed by atoms with Gasteiger partial charge in [0.1, 0.15) is 6.10 Å². The minimum atomic E-state index is -2.52. The van der Waals surface area contributed by atoms with Crippen LogP contribution in [0.2, 0.25) is 0 Å². The quantitative estimate of drug-likeness (QED) is 0.672. The second-order valence-corrected chi connectivity index (χ2v) is 8.58. The Hall–Kier alpha value is -2.79. The zero-order chi connectivity index (χ0) is 22.8. The molecule has 0 bridgehead atoms. The summed E-state index contributed by atoms with van der Waals surface area (Å²) in [5.41, 5.74) is 0.873. The number of amides is 2. The van der Waals surface area contributed by atoms with E-state index in [1.165, 1.54) is 12.1 Å². The molecule has 11 heteroatoms. The van der Waals surface area contributed by atoms with Crippen LogP contribution in [-0.2, 0) is 9.47 Å². The van der Waals surface area contributed by atoms with Crippen molar-refractivity contribution in [3.63, 3.8) is 0 Å². The smallest absolute Gasteiger partial charge is 0.354 e. The predicted octanol–water partition coefficient (Wildman–Crippen LogP) is 2.81. The van der Waals surface area contributed by atoms with Gasteiger partial charge in [-0.15, -0.1) is 0 Å². The summed E-state index contributed by atoms with van der Waals surface area (Å²) in [5, 5.41) is 3.92. The molecule has 4 heterocycles. The van der Waals surface area contributed by atoms with Crippen LogP contribution in [0.25, 0.3) is 0 Å². The highest BCUT2D eigenvalue weighted by Crippen LogP contribution is 2.37. The highest BCUT2D eigenvalue weighted by atomic mass is 19.3. The van der Waals surface area contributed by atoms with Gasteiger partial charge < -0.3 is 28.5 Å². The fourth-order valence-electron chi connectivity index (χ4n) is 4.41. The van der Waals surface area contributed by atoms with Crippen LogP contribution in [0.4, 0.5) is 13.6 Å². The molecule has 178 valence electrons. The molecule has 33 heavy (non-hydrogen) atoms. The number of halogens is 2. The molecule has 3 fully saturated rings. The van der Waals surface area contributed by atoms with E-state index in [2.05, 4.69) is 10.1 Å². The Bertz CT molecular complexity index is 947. The maximum Gasteiger partial charge on any atom is 0.354 e. The molecule has 1 aromatic heterocycles. The first-order chi connectivity index (χ1) is 16.1. The maximum atomic E-state index is 13.2. The van der Waals surface area contributed by atoms with Gasteiger partial charge in [-0.25, -0.2) is 13.6 Å².